The minimum atomic E-state index is 0.432. The van der Waals surface area contributed by atoms with E-state index in [1.807, 2.05) is 25.4 Å². The zero-order valence-corrected chi connectivity index (χ0v) is 14.2. The van der Waals surface area contributed by atoms with Crippen LogP contribution in [-0.2, 0) is 17.8 Å². The van der Waals surface area contributed by atoms with Crippen molar-refractivity contribution in [2.75, 3.05) is 32.8 Å². The summed E-state index contributed by atoms with van der Waals surface area (Å²) in [5.74, 6) is 2.60. The molecule has 0 spiro atoms. The van der Waals surface area contributed by atoms with E-state index >= 15 is 0 Å². The molecule has 0 radical (unpaired) electrons. The Morgan fingerprint density at radius 1 is 1.04 bits per heavy atom. The van der Waals surface area contributed by atoms with E-state index in [9.17, 15) is 0 Å². The minimum absolute atomic E-state index is 0.432. The maximum atomic E-state index is 5.93. The molecule has 4 heterocycles. The zero-order chi connectivity index (χ0) is 16.4. The predicted molar refractivity (Wildman–Crippen MR) is 91.5 cm³/mol. The van der Waals surface area contributed by atoms with Gasteiger partial charge in [-0.3, -0.25) is 14.8 Å². The van der Waals surface area contributed by atoms with E-state index in [4.69, 9.17) is 9.15 Å². The van der Waals surface area contributed by atoms with Gasteiger partial charge in [-0.2, -0.15) is 0 Å². The molecule has 0 unspecified atom stereocenters. The number of rotatable bonds is 4. The summed E-state index contributed by atoms with van der Waals surface area (Å²) >= 11 is 0. The van der Waals surface area contributed by atoms with Crippen molar-refractivity contribution in [3.05, 3.63) is 53.7 Å². The maximum Gasteiger partial charge on any atom is 0.118 e. The van der Waals surface area contributed by atoms with Gasteiger partial charge in [-0.05, 0) is 36.8 Å². The molecule has 2 aliphatic rings. The lowest BCUT2D eigenvalue weighted by atomic mass is 10.1. The quantitative estimate of drug-likeness (QED) is 0.862. The van der Waals surface area contributed by atoms with E-state index in [-0.39, 0.29) is 0 Å². The van der Waals surface area contributed by atoms with Gasteiger partial charge in [0.1, 0.15) is 11.5 Å². The molecule has 0 amide bonds. The molecule has 2 saturated heterocycles. The second-order valence-electron chi connectivity index (χ2n) is 7.05. The van der Waals surface area contributed by atoms with Crippen LogP contribution in [0.25, 0.3) is 0 Å². The molecule has 2 aromatic heterocycles. The molecule has 2 atom stereocenters. The van der Waals surface area contributed by atoms with Crippen molar-refractivity contribution in [1.29, 1.82) is 0 Å². The van der Waals surface area contributed by atoms with Crippen LogP contribution in [0.2, 0.25) is 0 Å². The average Bonchev–Trinajstić information content (AvgIpc) is 2.78. The Hall–Kier alpha value is -1.69. The Kier molecular flexibility index (Phi) is 4.65. The smallest absolute Gasteiger partial charge is 0.118 e. The fourth-order valence-corrected chi connectivity index (χ4v) is 3.86. The summed E-state index contributed by atoms with van der Waals surface area (Å²) in [6.45, 7) is 8.74. The molecule has 2 aromatic rings. The van der Waals surface area contributed by atoms with Crippen LogP contribution < -0.4 is 0 Å². The standard InChI is InChI=1S/C19H25N3O2/c1-15-2-3-19(24-15)12-21-8-17-10-22(18(11-21)14-23-13-17)9-16-4-6-20-7-5-16/h2-7,17-18H,8-14H2,1H3/t17-,18-/m0/s1. The van der Waals surface area contributed by atoms with Crippen LogP contribution in [0.1, 0.15) is 17.1 Å². The molecule has 24 heavy (non-hydrogen) atoms. The van der Waals surface area contributed by atoms with Gasteiger partial charge >= 0.3 is 0 Å². The van der Waals surface area contributed by atoms with Crippen molar-refractivity contribution in [3.63, 3.8) is 0 Å². The first-order valence-electron chi connectivity index (χ1n) is 8.74. The number of furan rings is 1. The van der Waals surface area contributed by atoms with Gasteiger partial charge < -0.3 is 9.15 Å². The van der Waals surface area contributed by atoms with Crippen LogP contribution in [0.4, 0.5) is 0 Å². The lowest BCUT2D eigenvalue weighted by Crippen LogP contribution is -2.43. The van der Waals surface area contributed by atoms with Crippen molar-refractivity contribution in [3.8, 4) is 0 Å². The monoisotopic (exact) mass is 327 g/mol. The van der Waals surface area contributed by atoms with Crippen molar-refractivity contribution in [1.82, 2.24) is 14.8 Å². The van der Waals surface area contributed by atoms with Crippen molar-refractivity contribution in [2.24, 2.45) is 5.92 Å². The van der Waals surface area contributed by atoms with Gasteiger partial charge in [-0.1, -0.05) is 0 Å². The third-order valence-corrected chi connectivity index (χ3v) is 4.97. The fraction of sp³-hybridized carbons (Fsp3) is 0.526. The Bertz CT molecular complexity index is 658. The van der Waals surface area contributed by atoms with Crippen molar-refractivity contribution < 1.29 is 9.15 Å². The summed E-state index contributed by atoms with van der Waals surface area (Å²) < 4.78 is 11.7. The van der Waals surface area contributed by atoms with E-state index in [1.165, 1.54) is 5.56 Å². The molecule has 0 N–H and O–H groups in total. The summed E-state index contributed by atoms with van der Waals surface area (Å²) in [4.78, 5) is 9.24. The number of pyridine rings is 1. The Morgan fingerprint density at radius 3 is 2.71 bits per heavy atom. The molecular formula is C19H25N3O2. The second kappa shape index (κ2) is 7.05. The van der Waals surface area contributed by atoms with Gasteiger partial charge in [0.2, 0.25) is 0 Å². The third-order valence-electron chi connectivity index (χ3n) is 4.97. The number of aromatic nitrogens is 1. The number of ether oxygens (including phenoxy) is 1. The molecule has 0 saturated carbocycles. The van der Waals surface area contributed by atoms with Gasteiger partial charge in [0.25, 0.3) is 0 Å². The molecule has 2 aliphatic heterocycles. The second-order valence-corrected chi connectivity index (χ2v) is 7.05. The number of hydrogen-bond acceptors (Lipinski definition) is 5. The maximum absolute atomic E-state index is 5.93. The third kappa shape index (κ3) is 3.69. The average molecular weight is 327 g/mol. The first kappa shape index (κ1) is 15.8. The molecular weight excluding hydrogens is 302 g/mol. The summed E-state index contributed by atoms with van der Waals surface area (Å²) in [7, 11) is 0. The minimum Gasteiger partial charge on any atom is -0.465 e. The van der Waals surface area contributed by atoms with Crippen molar-refractivity contribution >= 4 is 0 Å². The molecule has 5 nitrogen and oxygen atoms in total. The Labute approximate surface area is 143 Å². The Morgan fingerprint density at radius 2 is 1.92 bits per heavy atom. The number of fused-ring (bicyclic) bond motifs is 3. The van der Waals surface area contributed by atoms with Crippen LogP contribution >= 0.6 is 0 Å². The topological polar surface area (TPSA) is 41.7 Å². The highest BCUT2D eigenvalue weighted by Gasteiger charge is 2.33. The molecule has 5 heteroatoms. The zero-order valence-electron chi connectivity index (χ0n) is 14.2. The fourth-order valence-electron chi connectivity index (χ4n) is 3.86. The van der Waals surface area contributed by atoms with Crippen LogP contribution in [0.15, 0.2) is 41.1 Å². The summed E-state index contributed by atoms with van der Waals surface area (Å²) in [6, 6.07) is 8.80. The summed E-state index contributed by atoms with van der Waals surface area (Å²) in [5.41, 5.74) is 1.32. The van der Waals surface area contributed by atoms with Gasteiger partial charge in [0.05, 0.1) is 19.8 Å². The first-order chi connectivity index (χ1) is 11.8. The van der Waals surface area contributed by atoms with E-state index in [0.29, 0.717) is 12.0 Å². The van der Waals surface area contributed by atoms with E-state index < -0.39 is 0 Å². The highest BCUT2D eigenvalue weighted by atomic mass is 16.5. The molecule has 2 bridgehead atoms. The molecule has 4 rings (SSSR count). The Balaban J connectivity index is 1.47. The predicted octanol–water partition coefficient (Wildman–Crippen LogP) is 2.32. The van der Waals surface area contributed by atoms with E-state index in [0.717, 1.165) is 57.5 Å². The van der Waals surface area contributed by atoms with Crippen molar-refractivity contribution in [2.45, 2.75) is 26.1 Å². The molecule has 128 valence electrons. The number of hydrogen-bond donors (Lipinski definition) is 0. The SMILES string of the molecule is Cc1ccc(CN2C[C@@H]3COC[C@H](C2)N(Cc2ccncc2)C3)o1. The largest absolute Gasteiger partial charge is 0.465 e. The van der Waals surface area contributed by atoms with Crippen LogP contribution in [-0.4, -0.2) is 53.7 Å². The molecule has 0 aromatic carbocycles. The van der Waals surface area contributed by atoms with Crippen LogP contribution in [0.3, 0.4) is 0 Å². The highest BCUT2D eigenvalue weighted by molar-refractivity contribution is 5.10. The number of nitrogens with zero attached hydrogens (tertiary/aromatic N) is 3. The van der Waals surface area contributed by atoms with Gasteiger partial charge in [-0.25, -0.2) is 0 Å². The van der Waals surface area contributed by atoms with Gasteiger partial charge in [0, 0.05) is 50.5 Å². The normalized spacial score (nSPS) is 25.5. The van der Waals surface area contributed by atoms with Crippen LogP contribution in [0.5, 0.6) is 0 Å². The lowest BCUT2D eigenvalue weighted by molar-refractivity contribution is 0.0451. The summed E-state index contributed by atoms with van der Waals surface area (Å²) in [6.07, 6.45) is 3.75. The van der Waals surface area contributed by atoms with Gasteiger partial charge in [-0.15, -0.1) is 0 Å². The molecule has 0 aliphatic carbocycles. The molecule has 2 fully saturated rings. The van der Waals surface area contributed by atoms with Gasteiger partial charge in [0.15, 0.2) is 0 Å². The van der Waals surface area contributed by atoms with E-state index in [1.54, 1.807) is 0 Å². The number of aryl methyl sites for hydroxylation is 1. The lowest BCUT2D eigenvalue weighted by Gasteiger charge is -2.30. The summed E-state index contributed by atoms with van der Waals surface area (Å²) in [5, 5.41) is 0. The van der Waals surface area contributed by atoms with E-state index in [2.05, 4.69) is 33.0 Å². The van der Waals surface area contributed by atoms with Crippen LogP contribution in [0, 0.1) is 12.8 Å². The first-order valence-corrected chi connectivity index (χ1v) is 8.74. The highest BCUT2D eigenvalue weighted by Crippen LogP contribution is 2.23.